The molecule has 4 heteroatoms. The van der Waals surface area contributed by atoms with Crippen LogP contribution in [0.25, 0.3) is 0 Å². The molecule has 0 bridgehead atoms. The lowest BCUT2D eigenvalue weighted by atomic mass is 9.95. The molecule has 2 unspecified atom stereocenters. The van der Waals surface area contributed by atoms with Crippen molar-refractivity contribution in [3.8, 4) is 0 Å². The van der Waals surface area contributed by atoms with E-state index < -0.39 is 0 Å². The van der Waals surface area contributed by atoms with Gasteiger partial charge in [0.1, 0.15) is 0 Å². The molecule has 0 aliphatic carbocycles. The Morgan fingerprint density at radius 1 is 1.33 bits per heavy atom. The fourth-order valence-corrected chi connectivity index (χ4v) is 2.89. The Morgan fingerprint density at radius 2 is 2.11 bits per heavy atom. The van der Waals surface area contributed by atoms with Gasteiger partial charge in [0.2, 0.25) is 5.91 Å². The van der Waals surface area contributed by atoms with Gasteiger partial charge in [0.25, 0.3) is 0 Å². The van der Waals surface area contributed by atoms with E-state index in [0.29, 0.717) is 6.04 Å². The number of hydrogen-bond donors (Lipinski definition) is 2. The summed E-state index contributed by atoms with van der Waals surface area (Å²) in [5, 5.41) is 6.46. The standard InChI is InChI=1S/C14H27N3O/c1-12-5-6-13(11-16-12)14(18)15-7-4-10-17-8-2-3-9-17/h12-13,16H,2-11H2,1H3,(H,15,18). The number of nitrogens with zero attached hydrogens (tertiary/aromatic N) is 1. The molecule has 2 rings (SSSR count). The lowest BCUT2D eigenvalue weighted by Crippen LogP contribution is -2.44. The smallest absolute Gasteiger partial charge is 0.224 e. The van der Waals surface area contributed by atoms with Crippen LogP contribution >= 0.6 is 0 Å². The highest BCUT2D eigenvalue weighted by atomic mass is 16.1. The molecule has 18 heavy (non-hydrogen) atoms. The number of amides is 1. The van der Waals surface area contributed by atoms with Gasteiger partial charge in [-0.1, -0.05) is 0 Å². The summed E-state index contributed by atoms with van der Waals surface area (Å²) >= 11 is 0. The van der Waals surface area contributed by atoms with Crippen molar-refractivity contribution in [2.75, 3.05) is 32.7 Å². The van der Waals surface area contributed by atoms with E-state index in [1.54, 1.807) is 0 Å². The number of hydrogen-bond acceptors (Lipinski definition) is 3. The molecule has 104 valence electrons. The minimum Gasteiger partial charge on any atom is -0.356 e. The SMILES string of the molecule is CC1CCC(C(=O)NCCCN2CCCC2)CN1. The predicted molar refractivity (Wildman–Crippen MR) is 73.5 cm³/mol. The van der Waals surface area contributed by atoms with E-state index in [0.717, 1.165) is 38.9 Å². The second-order valence-electron chi connectivity index (χ2n) is 5.78. The molecule has 0 saturated carbocycles. The van der Waals surface area contributed by atoms with Crippen LogP contribution < -0.4 is 10.6 Å². The highest BCUT2D eigenvalue weighted by Gasteiger charge is 2.23. The molecular weight excluding hydrogens is 226 g/mol. The van der Waals surface area contributed by atoms with Gasteiger partial charge in [-0.2, -0.15) is 0 Å². The van der Waals surface area contributed by atoms with Crippen LogP contribution in [-0.4, -0.2) is 49.6 Å². The summed E-state index contributed by atoms with van der Waals surface area (Å²) in [6.45, 7) is 7.50. The topological polar surface area (TPSA) is 44.4 Å². The van der Waals surface area contributed by atoms with Crippen molar-refractivity contribution in [1.82, 2.24) is 15.5 Å². The van der Waals surface area contributed by atoms with Gasteiger partial charge in [-0.3, -0.25) is 4.79 Å². The molecule has 0 radical (unpaired) electrons. The van der Waals surface area contributed by atoms with Crippen LogP contribution in [0, 0.1) is 5.92 Å². The molecule has 0 spiro atoms. The predicted octanol–water partition coefficient (Wildman–Crippen LogP) is 0.977. The molecule has 2 atom stereocenters. The van der Waals surface area contributed by atoms with E-state index in [-0.39, 0.29) is 11.8 Å². The van der Waals surface area contributed by atoms with Crippen molar-refractivity contribution in [1.29, 1.82) is 0 Å². The Hall–Kier alpha value is -0.610. The fourth-order valence-electron chi connectivity index (χ4n) is 2.89. The number of likely N-dealkylation sites (tertiary alicyclic amines) is 1. The van der Waals surface area contributed by atoms with E-state index in [1.165, 1.54) is 25.9 Å². The van der Waals surface area contributed by atoms with E-state index in [2.05, 4.69) is 22.5 Å². The van der Waals surface area contributed by atoms with Gasteiger partial charge in [0, 0.05) is 19.1 Å². The van der Waals surface area contributed by atoms with Crippen LogP contribution in [0.1, 0.15) is 39.0 Å². The zero-order valence-electron chi connectivity index (χ0n) is 11.6. The molecule has 0 aromatic carbocycles. The Kier molecular flexibility index (Phi) is 5.45. The molecule has 0 aromatic rings. The van der Waals surface area contributed by atoms with Gasteiger partial charge < -0.3 is 15.5 Å². The van der Waals surface area contributed by atoms with Crippen molar-refractivity contribution in [2.45, 2.75) is 45.1 Å². The molecule has 2 aliphatic heterocycles. The zero-order valence-corrected chi connectivity index (χ0v) is 11.6. The zero-order chi connectivity index (χ0) is 12.8. The summed E-state index contributed by atoms with van der Waals surface area (Å²) in [7, 11) is 0. The average Bonchev–Trinajstić information content (AvgIpc) is 2.88. The minimum atomic E-state index is 0.188. The maximum Gasteiger partial charge on any atom is 0.224 e. The molecule has 0 aromatic heterocycles. The first kappa shape index (κ1) is 13.8. The van der Waals surface area contributed by atoms with E-state index >= 15 is 0 Å². The minimum absolute atomic E-state index is 0.188. The highest BCUT2D eigenvalue weighted by molar-refractivity contribution is 5.78. The first-order valence-electron chi connectivity index (χ1n) is 7.49. The molecule has 2 N–H and O–H groups in total. The summed E-state index contributed by atoms with van der Waals surface area (Å²) in [6.07, 6.45) is 5.93. The van der Waals surface area contributed by atoms with Crippen LogP contribution in [0.2, 0.25) is 0 Å². The second kappa shape index (κ2) is 7.10. The summed E-state index contributed by atoms with van der Waals surface area (Å²) in [5.41, 5.74) is 0. The van der Waals surface area contributed by atoms with Crippen molar-refractivity contribution in [3.63, 3.8) is 0 Å². The largest absolute Gasteiger partial charge is 0.356 e. The number of carbonyl (C=O) groups is 1. The molecule has 4 nitrogen and oxygen atoms in total. The number of carbonyl (C=O) groups excluding carboxylic acids is 1. The Balaban J connectivity index is 1.54. The third kappa shape index (κ3) is 4.25. The lowest BCUT2D eigenvalue weighted by Gasteiger charge is -2.26. The quantitative estimate of drug-likeness (QED) is 0.718. The fraction of sp³-hybridized carbons (Fsp3) is 0.929. The average molecular weight is 253 g/mol. The maximum atomic E-state index is 11.9. The van der Waals surface area contributed by atoms with Crippen LogP contribution in [0.3, 0.4) is 0 Å². The van der Waals surface area contributed by atoms with Gasteiger partial charge in [0.05, 0.1) is 5.92 Å². The third-order valence-corrected chi connectivity index (χ3v) is 4.18. The van der Waals surface area contributed by atoms with Crippen molar-refractivity contribution in [3.05, 3.63) is 0 Å². The lowest BCUT2D eigenvalue weighted by molar-refractivity contribution is -0.125. The van der Waals surface area contributed by atoms with Gasteiger partial charge in [-0.05, 0) is 58.7 Å². The number of piperidine rings is 1. The molecule has 2 aliphatic rings. The van der Waals surface area contributed by atoms with Crippen LogP contribution in [-0.2, 0) is 4.79 Å². The van der Waals surface area contributed by atoms with Crippen LogP contribution in [0.5, 0.6) is 0 Å². The van der Waals surface area contributed by atoms with Crippen LogP contribution in [0.4, 0.5) is 0 Å². The first-order valence-corrected chi connectivity index (χ1v) is 7.49. The van der Waals surface area contributed by atoms with Crippen molar-refractivity contribution in [2.24, 2.45) is 5.92 Å². The molecule has 2 heterocycles. The van der Waals surface area contributed by atoms with Crippen molar-refractivity contribution >= 4 is 5.91 Å². The third-order valence-electron chi connectivity index (χ3n) is 4.18. The number of rotatable bonds is 5. The Bertz CT molecular complexity index is 256. The second-order valence-corrected chi connectivity index (χ2v) is 5.78. The van der Waals surface area contributed by atoms with Gasteiger partial charge in [-0.15, -0.1) is 0 Å². The van der Waals surface area contributed by atoms with E-state index in [9.17, 15) is 4.79 Å². The molecule has 1 amide bonds. The maximum absolute atomic E-state index is 11.9. The van der Waals surface area contributed by atoms with Crippen molar-refractivity contribution < 1.29 is 4.79 Å². The molecular formula is C14H27N3O. The summed E-state index contributed by atoms with van der Waals surface area (Å²) < 4.78 is 0. The van der Waals surface area contributed by atoms with E-state index in [4.69, 9.17) is 0 Å². The highest BCUT2D eigenvalue weighted by Crippen LogP contribution is 2.14. The summed E-state index contributed by atoms with van der Waals surface area (Å²) in [6, 6.07) is 0.573. The molecule has 2 fully saturated rings. The molecule has 2 saturated heterocycles. The van der Waals surface area contributed by atoms with E-state index in [1.807, 2.05) is 0 Å². The summed E-state index contributed by atoms with van der Waals surface area (Å²) in [5.74, 6) is 0.434. The normalized spacial score (nSPS) is 29.4. The van der Waals surface area contributed by atoms with Crippen LogP contribution in [0.15, 0.2) is 0 Å². The Labute approximate surface area is 110 Å². The Morgan fingerprint density at radius 3 is 2.78 bits per heavy atom. The number of nitrogens with one attached hydrogen (secondary N) is 2. The van der Waals surface area contributed by atoms with Gasteiger partial charge >= 0.3 is 0 Å². The monoisotopic (exact) mass is 253 g/mol. The summed E-state index contributed by atoms with van der Waals surface area (Å²) in [4.78, 5) is 14.4. The first-order chi connectivity index (χ1) is 8.75. The van der Waals surface area contributed by atoms with Gasteiger partial charge in [-0.25, -0.2) is 0 Å². The van der Waals surface area contributed by atoms with Gasteiger partial charge in [0.15, 0.2) is 0 Å².